The monoisotopic (exact) mass is 1020 g/mol. The summed E-state index contributed by atoms with van der Waals surface area (Å²) in [5.41, 5.74) is 19.4. The Labute approximate surface area is 446 Å². The minimum Gasteiger partial charge on any atom is -0.493 e. The van der Waals surface area contributed by atoms with Crippen molar-refractivity contribution < 1.29 is 38.1 Å². The second kappa shape index (κ2) is 23.7. The van der Waals surface area contributed by atoms with Crippen LogP contribution in [0, 0.1) is 11.8 Å². The Morgan fingerprint density at radius 2 is 1.34 bits per heavy atom. The Bertz CT molecular complexity index is 3120. The van der Waals surface area contributed by atoms with E-state index in [1.807, 2.05) is 104 Å². The third kappa shape index (κ3) is 11.8. The Morgan fingerprint density at radius 3 is 1.95 bits per heavy atom. The van der Waals surface area contributed by atoms with E-state index in [-0.39, 0.29) is 41.5 Å². The summed E-state index contributed by atoms with van der Waals surface area (Å²) in [6.45, 7) is 8.22. The molecule has 1 aliphatic carbocycles. The average Bonchev–Trinajstić information content (AvgIpc) is 4.08. The van der Waals surface area contributed by atoms with Gasteiger partial charge < -0.3 is 39.8 Å². The first-order valence-corrected chi connectivity index (χ1v) is 26.5. The SMILES string of the molecule is CC=C1CCC(c2ccc(C3=CN4C(=O)c5cc(OC)c(OCCCOc6cc7c(cc6OC)C(=O)N6C=C(c8ccc(NC(=O)[C@H](C)/C=C/C(=O)[C@@H](N)C(C)C)cc8)C[C@H]6/C=C/C=C/7)cc5C=C=C[C@@H]4C3)cc2)CC1. The number of methoxy groups -OCH3 is 2. The van der Waals surface area contributed by atoms with Gasteiger partial charge in [-0.25, -0.2) is 0 Å². The van der Waals surface area contributed by atoms with E-state index in [2.05, 4.69) is 48.3 Å². The number of allylic oxidation sites excluding steroid dienone is 4. The standard InChI is InChI=1S/C64H68N4O8/c1-7-42-17-19-43(20-18-42)44-21-23-45(24-22-44)49-33-53-15-10-13-48-35-60(58(74-6)37-55(48)64(72)68(53)38-49)76-31-11-30-75-59-34-47-12-8-9-14-52-32-50(39-67(52)63(71)54(47)36-57(59)73-5)46-25-27-51(28-26-46)66-62(70)41(4)16-29-56(69)61(65)40(2)3/h7-9,12-16,21-29,34-41,43,52-53,61H,11,17-20,30-33,65H2,1-6H3,(H,66,70)/b12-8+,14-9+,29-16+,42-7?/t10?,41-,43?,52-,53-,61+/m1/s1. The molecule has 0 unspecified atom stereocenters. The van der Waals surface area contributed by atoms with Crippen molar-refractivity contribution in [3.63, 3.8) is 0 Å². The van der Waals surface area contributed by atoms with Gasteiger partial charge in [-0.2, -0.15) is 0 Å². The predicted molar refractivity (Wildman–Crippen MR) is 300 cm³/mol. The van der Waals surface area contributed by atoms with Gasteiger partial charge in [0.05, 0.1) is 62.6 Å². The first-order valence-electron chi connectivity index (χ1n) is 26.5. The maximum Gasteiger partial charge on any atom is 0.259 e. The van der Waals surface area contributed by atoms with Crippen LogP contribution in [0.4, 0.5) is 5.69 Å². The van der Waals surface area contributed by atoms with Crippen molar-refractivity contribution >= 4 is 52.5 Å². The number of hydrogen-bond donors (Lipinski definition) is 2. The van der Waals surface area contributed by atoms with E-state index in [0.29, 0.717) is 89.3 Å². The van der Waals surface area contributed by atoms with E-state index in [1.165, 1.54) is 37.3 Å². The highest BCUT2D eigenvalue weighted by Crippen LogP contribution is 2.41. The van der Waals surface area contributed by atoms with Crippen molar-refractivity contribution in [1.29, 1.82) is 0 Å². The van der Waals surface area contributed by atoms with Gasteiger partial charge in [-0.05, 0) is 151 Å². The Kier molecular flexibility index (Phi) is 16.5. The minimum atomic E-state index is -0.609. The number of benzene rings is 4. The molecule has 0 aromatic heterocycles. The fraction of sp³-hybridized carbons (Fsp3) is 0.328. The highest BCUT2D eigenvalue weighted by molar-refractivity contribution is 6.02. The Hall–Kier alpha value is -7.92. The zero-order chi connectivity index (χ0) is 53.5. The molecule has 4 aromatic carbocycles. The summed E-state index contributed by atoms with van der Waals surface area (Å²) in [4.78, 5) is 57.4. The number of ether oxygens (including phenoxy) is 4. The number of anilines is 1. The number of nitrogens with two attached hydrogens (primary N) is 1. The van der Waals surface area contributed by atoms with E-state index < -0.39 is 12.0 Å². The third-order valence-electron chi connectivity index (χ3n) is 15.1. The molecule has 5 aliphatic rings. The lowest BCUT2D eigenvalue weighted by Gasteiger charge is -2.24. The van der Waals surface area contributed by atoms with E-state index in [0.717, 1.165) is 22.3 Å². The van der Waals surface area contributed by atoms with E-state index in [4.69, 9.17) is 24.7 Å². The van der Waals surface area contributed by atoms with E-state index in [9.17, 15) is 19.2 Å². The number of carbonyl (C=O) groups excluding carboxylic acids is 4. The van der Waals surface area contributed by atoms with Crippen molar-refractivity contribution in [3.8, 4) is 23.0 Å². The van der Waals surface area contributed by atoms with Crippen LogP contribution in [-0.4, -0.2) is 78.9 Å². The molecule has 76 heavy (non-hydrogen) atoms. The van der Waals surface area contributed by atoms with Gasteiger partial charge in [-0.15, -0.1) is 5.73 Å². The van der Waals surface area contributed by atoms with Crippen LogP contribution in [0.5, 0.6) is 23.0 Å². The lowest BCUT2D eigenvalue weighted by molar-refractivity contribution is -0.118. The van der Waals surface area contributed by atoms with Crippen LogP contribution in [0.15, 0.2) is 139 Å². The summed E-state index contributed by atoms with van der Waals surface area (Å²) >= 11 is 0. The molecule has 4 aromatic rings. The zero-order valence-electron chi connectivity index (χ0n) is 44.3. The zero-order valence-corrected chi connectivity index (χ0v) is 44.3. The van der Waals surface area contributed by atoms with Crippen LogP contribution in [0.2, 0.25) is 0 Å². The maximum atomic E-state index is 14.4. The molecule has 3 N–H and O–H groups in total. The van der Waals surface area contributed by atoms with Crippen LogP contribution < -0.4 is 30.0 Å². The summed E-state index contributed by atoms with van der Waals surface area (Å²) in [6, 6.07) is 22.6. The van der Waals surface area contributed by atoms with Crippen LogP contribution in [0.3, 0.4) is 0 Å². The fourth-order valence-electron chi connectivity index (χ4n) is 10.4. The van der Waals surface area contributed by atoms with Crippen molar-refractivity contribution in [2.75, 3.05) is 32.8 Å². The van der Waals surface area contributed by atoms with Crippen LogP contribution in [-0.2, 0) is 9.59 Å². The first kappa shape index (κ1) is 52.9. The van der Waals surface area contributed by atoms with Crippen molar-refractivity contribution in [1.82, 2.24) is 9.80 Å². The Morgan fingerprint density at radius 1 is 0.763 bits per heavy atom. The Balaban J connectivity index is 0.808. The predicted octanol–water partition coefficient (Wildman–Crippen LogP) is 12.1. The summed E-state index contributed by atoms with van der Waals surface area (Å²) in [5.74, 6) is 1.18. The highest BCUT2D eigenvalue weighted by atomic mass is 16.5. The molecule has 0 radical (unpaired) electrons. The summed E-state index contributed by atoms with van der Waals surface area (Å²) in [5, 5.41) is 2.92. The van der Waals surface area contributed by atoms with Gasteiger partial charge in [0, 0.05) is 24.5 Å². The van der Waals surface area contributed by atoms with Gasteiger partial charge >= 0.3 is 0 Å². The fourth-order valence-corrected chi connectivity index (χ4v) is 10.4. The quantitative estimate of drug-likeness (QED) is 0.0456. The molecule has 4 aliphatic heterocycles. The molecule has 4 heterocycles. The van der Waals surface area contributed by atoms with Crippen molar-refractivity contribution in [2.45, 2.75) is 96.7 Å². The van der Waals surface area contributed by atoms with Gasteiger partial charge in [0.2, 0.25) is 5.91 Å². The number of carbonyl (C=O) groups is 4. The molecular weight excluding hydrogens is 953 g/mol. The summed E-state index contributed by atoms with van der Waals surface area (Å²) in [7, 11) is 3.12. The minimum absolute atomic E-state index is 0.00123. The molecule has 3 amide bonds. The smallest absolute Gasteiger partial charge is 0.259 e. The van der Waals surface area contributed by atoms with E-state index in [1.54, 1.807) is 49.8 Å². The molecule has 392 valence electrons. The summed E-state index contributed by atoms with van der Waals surface area (Å²) < 4.78 is 24.1. The van der Waals surface area contributed by atoms with Crippen LogP contribution in [0.1, 0.15) is 127 Å². The molecule has 12 heteroatoms. The lowest BCUT2D eigenvalue weighted by Crippen LogP contribution is -2.34. The topological polar surface area (TPSA) is 150 Å². The number of ketones is 1. The third-order valence-corrected chi connectivity index (χ3v) is 15.1. The molecule has 0 bridgehead atoms. The van der Waals surface area contributed by atoms with Crippen LogP contribution in [0.25, 0.3) is 23.3 Å². The molecule has 1 saturated carbocycles. The van der Waals surface area contributed by atoms with Crippen LogP contribution >= 0.6 is 0 Å². The molecular formula is C64H68N4O8. The number of amides is 3. The highest BCUT2D eigenvalue weighted by Gasteiger charge is 2.33. The second-order valence-corrected chi connectivity index (χ2v) is 20.5. The van der Waals surface area contributed by atoms with Gasteiger partial charge in [0.15, 0.2) is 28.8 Å². The molecule has 4 atom stereocenters. The largest absolute Gasteiger partial charge is 0.493 e. The van der Waals surface area contributed by atoms with Gasteiger partial charge in [0.1, 0.15) is 0 Å². The number of nitrogens with one attached hydrogen (secondary N) is 1. The van der Waals surface area contributed by atoms with Crippen molar-refractivity contribution in [3.05, 3.63) is 178 Å². The number of hydrogen-bond acceptors (Lipinski definition) is 9. The number of rotatable bonds is 17. The number of nitrogens with zero attached hydrogens (tertiary/aromatic N) is 2. The van der Waals surface area contributed by atoms with Gasteiger partial charge in [0.25, 0.3) is 11.8 Å². The first-order chi connectivity index (χ1) is 36.8. The second-order valence-electron chi connectivity index (χ2n) is 20.5. The lowest BCUT2D eigenvalue weighted by atomic mass is 9.81. The molecule has 12 nitrogen and oxygen atoms in total. The molecule has 0 saturated heterocycles. The summed E-state index contributed by atoms with van der Waals surface area (Å²) in [6.07, 6.45) is 27.2. The van der Waals surface area contributed by atoms with Crippen molar-refractivity contribution in [2.24, 2.45) is 17.6 Å². The molecule has 9 rings (SSSR count). The normalized spacial score (nSPS) is 20.4. The van der Waals surface area contributed by atoms with Gasteiger partial charge in [-0.1, -0.05) is 99.2 Å². The van der Waals surface area contributed by atoms with E-state index >= 15 is 0 Å². The molecule has 0 spiro atoms. The maximum absolute atomic E-state index is 14.4. The van der Waals surface area contributed by atoms with Gasteiger partial charge in [-0.3, -0.25) is 19.2 Å². The average molecular weight is 1020 g/mol. The number of fused-ring (bicyclic) bond motifs is 4. The molecule has 1 fully saturated rings.